The maximum absolute atomic E-state index is 11.1. The van der Waals surface area contributed by atoms with Gasteiger partial charge in [-0.25, -0.2) is 0 Å². The Hall–Kier alpha value is -3.54. The Morgan fingerprint density at radius 3 is 2.58 bits per heavy atom. The van der Waals surface area contributed by atoms with Gasteiger partial charge in [-0.15, -0.1) is 0 Å². The topological polar surface area (TPSA) is 68.1 Å². The zero-order valence-corrected chi connectivity index (χ0v) is 21.4. The smallest absolute Gasteiger partial charge is 0.150 e. The van der Waals surface area contributed by atoms with E-state index in [1.54, 1.807) is 24.3 Å². The molecule has 0 saturated carbocycles. The van der Waals surface area contributed by atoms with Crippen LogP contribution in [0.3, 0.4) is 0 Å². The van der Waals surface area contributed by atoms with Crippen LogP contribution < -0.4 is 4.74 Å². The van der Waals surface area contributed by atoms with Crippen molar-refractivity contribution in [3.8, 4) is 17.0 Å². The minimum absolute atomic E-state index is 0.109. The molecular formula is C29H24Cl2N2O3. The molecule has 0 aliphatic rings. The highest BCUT2D eigenvalue weighted by atomic mass is 35.5. The Labute approximate surface area is 219 Å². The van der Waals surface area contributed by atoms with Crippen molar-refractivity contribution in [2.75, 3.05) is 0 Å². The first kappa shape index (κ1) is 24.2. The molecule has 0 aliphatic heterocycles. The summed E-state index contributed by atoms with van der Waals surface area (Å²) in [5.74, 6) is 1.56. The van der Waals surface area contributed by atoms with Crippen LogP contribution in [0, 0.1) is 0 Å². The number of benzene rings is 3. The van der Waals surface area contributed by atoms with Crippen molar-refractivity contribution in [2.24, 2.45) is 0 Å². The maximum Gasteiger partial charge on any atom is 0.150 e. The highest BCUT2D eigenvalue weighted by Crippen LogP contribution is 2.39. The third-order valence-electron chi connectivity index (χ3n) is 6.15. The number of nitrogens with one attached hydrogen (secondary N) is 1. The summed E-state index contributed by atoms with van der Waals surface area (Å²) in [6, 6.07) is 19.0. The summed E-state index contributed by atoms with van der Waals surface area (Å²) in [7, 11) is 0. The number of rotatable bonds is 8. The van der Waals surface area contributed by atoms with Gasteiger partial charge in [0.2, 0.25) is 0 Å². The number of hydrogen-bond acceptors (Lipinski definition) is 4. The van der Waals surface area contributed by atoms with Crippen molar-refractivity contribution in [3.05, 3.63) is 105 Å². The second-order valence-electron chi connectivity index (χ2n) is 8.97. The van der Waals surface area contributed by atoms with Gasteiger partial charge >= 0.3 is 0 Å². The van der Waals surface area contributed by atoms with Gasteiger partial charge in [-0.2, -0.15) is 0 Å². The Kier molecular flexibility index (Phi) is 6.86. The number of aromatic nitrogens is 2. The molecule has 0 unspecified atom stereocenters. The molecule has 1 N–H and O–H groups in total. The molecule has 0 aliphatic carbocycles. The molecule has 0 saturated heterocycles. The number of aldehydes is 1. The normalized spacial score (nSPS) is 11.4. The Balaban J connectivity index is 1.40. The molecule has 5 rings (SSSR count). The number of H-pyrrole nitrogens is 1. The van der Waals surface area contributed by atoms with E-state index in [1.807, 2.05) is 56.4 Å². The summed E-state index contributed by atoms with van der Waals surface area (Å²) < 4.78 is 11.9. The Morgan fingerprint density at radius 1 is 1.06 bits per heavy atom. The molecule has 7 heteroatoms. The van der Waals surface area contributed by atoms with Crippen LogP contribution in [0.15, 0.2) is 71.4 Å². The van der Waals surface area contributed by atoms with Gasteiger partial charge in [-0.05, 0) is 47.9 Å². The van der Waals surface area contributed by atoms with E-state index in [4.69, 9.17) is 32.5 Å². The number of ether oxygens (including phenoxy) is 1. The second kappa shape index (κ2) is 10.2. The lowest BCUT2D eigenvalue weighted by atomic mass is 10.0. The Morgan fingerprint density at radius 2 is 1.83 bits per heavy atom. The zero-order valence-electron chi connectivity index (χ0n) is 19.8. The molecule has 2 heterocycles. The number of carbonyl (C=O) groups is 1. The van der Waals surface area contributed by atoms with Crippen molar-refractivity contribution < 1.29 is 14.1 Å². The van der Waals surface area contributed by atoms with E-state index < -0.39 is 0 Å². The summed E-state index contributed by atoms with van der Waals surface area (Å²) in [4.78, 5) is 14.4. The van der Waals surface area contributed by atoms with E-state index in [0.29, 0.717) is 32.6 Å². The molecule has 0 radical (unpaired) electrons. The number of hydrogen-bond donors (Lipinski definition) is 1. The van der Waals surface area contributed by atoms with Crippen molar-refractivity contribution in [2.45, 2.75) is 32.8 Å². The SMILES string of the molecule is CC(C)c1onc(-c2c(Cl)cccc2Cl)c1COc1ccc2c(Cc3cccc(C=O)c3)c[nH]c2c1. The number of carbonyl (C=O) groups excluding carboxylic acids is 1. The minimum atomic E-state index is 0.109. The predicted molar refractivity (Wildman–Crippen MR) is 143 cm³/mol. The summed E-state index contributed by atoms with van der Waals surface area (Å²) in [5, 5.41) is 6.41. The van der Waals surface area contributed by atoms with Crippen molar-refractivity contribution in [1.29, 1.82) is 0 Å². The predicted octanol–water partition coefficient (Wildman–Crippen LogP) is 8.24. The molecule has 2 aromatic heterocycles. The fourth-order valence-electron chi connectivity index (χ4n) is 4.39. The van der Waals surface area contributed by atoms with Gasteiger partial charge in [-0.3, -0.25) is 4.79 Å². The molecule has 0 atom stereocenters. The van der Waals surface area contributed by atoms with Gasteiger partial charge in [0.05, 0.1) is 15.6 Å². The summed E-state index contributed by atoms with van der Waals surface area (Å²) >= 11 is 12.9. The standard InChI is InChI=1S/C29H24Cl2N2O3/c1-17(2)29-23(28(33-36-29)27-24(30)7-4-8-25(27)31)16-35-21-9-10-22-20(14-32-26(22)13-21)12-18-5-3-6-19(11-18)15-34/h3-11,13-15,17,32H,12,16H2,1-2H3. The first-order valence-electron chi connectivity index (χ1n) is 11.6. The molecule has 3 aromatic carbocycles. The number of halogens is 2. The molecule has 0 spiro atoms. The monoisotopic (exact) mass is 518 g/mol. The fourth-order valence-corrected chi connectivity index (χ4v) is 4.97. The molecule has 0 bridgehead atoms. The van der Waals surface area contributed by atoms with Crippen LogP contribution in [-0.4, -0.2) is 16.4 Å². The number of fused-ring (bicyclic) bond motifs is 1. The zero-order chi connectivity index (χ0) is 25.2. The van der Waals surface area contributed by atoms with Gasteiger partial charge < -0.3 is 14.2 Å². The first-order valence-corrected chi connectivity index (χ1v) is 12.4. The molecule has 0 fully saturated rings. The highest BCUT2D eigenvalue weighted by Gasteiger charge is 2.24. The van der Waals surface area contributed by atoms with Gasteiger partial charge in [0.1, 0.15) is 30.1 Å². The third-order valence-corrected chi connectivity index (χ3v) is 6.78. The molecular weight excluding hydrogens is 495 g/mol. The first-order chi connectivity index (χ1) is 17.4. The molecule has 5 nitrogen and oxygen atoms in total. The van der Waals surface area contributed by atoms with E-state index >= 15 is 0 Å². The van der Waals surface area contributed by atoms with Crippen LogP contribution >= 0.6 is 23.2 Å². The minimum Gasteiger partial charge on any atom is -0.489 e. The van der Waals surface area contributed by atoms with Crippen LogP contribution in [0.2, 0.25) is 10.0 Å². The van der Waals surface area contributed by atoms with Crippen LogP contribution in [-0.2, 0) is 13.0 Å². The summed E-state index contributed by atoms with van der Waals surface area (Å²) in [6.07, 6.45) is 3.59. The van der Waals surface area contributed by atoms with Gasteiger partial charge in [-0.1, -0.05) is 66.5 Å². The van der Waals surface area contributed by atoms with E-state index in [-0.39, 0.29) is 12.5 Å². The van der Waals surface area contributed by atoms with E-state index in [2.05, 4.69) is 10.1 Å². The van der Waals surface area contributed by atoms with Gasteiger partial charge in [0, 0.05) is 40.2 Å². The van der Waals surface area contributed by atoms with E-state index in [1.165, 1.54) is 0 Å². The summed E-state index contributed by atoms with van der Waals surface area (Å²) in [5.41, 5.74) is 5.93. The summed E-state index contributed by atoms with van der Waals surface area (Å²) in [6.45, 7) is 4.34. The quantitative estimate of drug-likeness (QED) is 0.210. The van der Waals surface area contributed by atoms with Gasteiger partial charge in [0.15, 0.2) is 0 Å². The van der Waals surface area contributed by atoms with Crippen LogP contribution in [0.4, 0.5) is 0 Å². The van der Waals surface area contributed by atoms with E-state index in [9.17, 15) is 4.79 Å². The maximum atomic E-state index is 11.1. The third kappa shape index (κ3) is 4.77. The highest BCUT2D eigenvalue weighted by molar-refractivity contribution is 6.39. The van der Waals surface area contributed by atoms with Crippen molar-refractivity contribution in [3.63, 3.8) is 0 Å². The lowest BCUT2D eigenvalue weighted by Gasteiger charge is -2.11. The lowest BCUT2D eigenvalue weighted by molar-refractivity contribution is 0.112. The van der Waals surface area contributed by atoms with Gasteiger partial charge in [0.25, 0.3) is 0 Å². The average Bonchev–Trinajstić information content (AvgIpc) is 3.47. The number of aromatic amines is 1. The largest absolute Gasteiger partial charge is 0.489 e. The molecule has 36 heavy (non-hydrogen) atoms. The molecule has 0 amide bonds. The second-order valence-corrected chi connectivity index (χ2v) is 9.79. The molecule has 182 valence electrons. The van der Waals surface area contributed by atoms with E-state index in [0.717, 1.165) is 46.1 Å². The van der Waals surface area contributed by atoms with Crippen LogP contribution in [0.1, 0.15) is 52.6 Å². The fraction of sp³-hybridized carbons (Fsp3) is 0.172. The van der Waals surface area contributed by atoms with Crippen molar-refractivity contribution >= 4 is 40.4 Å². The molecule has 5 aromatic rings. The van der Waals surface area contributed by atoms with Crippen molar-refractivity contribution in [1.82, 2.24) is 10.1 Å². The average molecular weight is 519 g/mol. The lowest BCUT2D eigenvalue weighted by Crippen LogP contribution is -2.01. The van der Waals surface area contributed by atoms with Crippen LogP contribution in [0.5, 0.6) is 5.75 Å². The Bertz CT molecular complexity index is 1530. The number of nitrogens with zero attached hydrogens (tertiary/aromatic N) is 1. The van der Waals surface area contributed by atoms with Crippen LogP contribution in [0.25, 0.3) is 22.2 Å².